The Kier molecular flexibility index (Phi) is 5.50. The maximum atomic E-state index is 6.30. The summed E-state index contributed by atoms with van der Waals surface area (Å²) in [7, 11) is 0.388. The Hall–Kier alpha value is -0.738. The molecule has 0 aromatic heterocycles. The Morgan fingerprint density at radius 1 is 1.25 bits per heavy atom. The normalized spacial score (nSPS) is 14.2. The van der Waals surface area contributed by atoms with Crippen LogP contribution in [0.2, 0.25) is 18.1 Å². The van der Waals surface area contributed by atoms with Crippen LogP contribution in [0, 0.1) is 6.92 Å². The van der Waals surface area contributed by atoms with Crippen molar-refractivity contribution in [2.45, 2.75) is 58.9 Å². The highest BCUT2D eigenvalue weighted by Gasteiger charge is 2.38. The molecule has 20 heavy (non-hydrogen) atoms. The van der Waals surface area contributed by atoms with Gasteiger partial charge in [-0.3, -0.25) is 0 Å². The number of hydrogen-bond acceptors (Lipinski definition) is 2. The highest BCUT2D eigenvalue weighted by Crippen LogP contribution is 2.37. The van der Waals surface area contributed by atoms with E-state index in [0.717, 1.165) is 5.75 Å². The zero-order valence-corrected chi connectivity index (χ0v) is 15.3. The lowest BCUT2D eigenvalue weighted by Crippen LogP contribution is -2.44. The van der Waals surface area contributed by atoms with Crippen LogP contribution in [-0.4, -0.2) is 28.9 Å². The van der Waals surface area contributed by atoms with Crippen LogP contribution in [0.5, 0.6) is 5.75 Å². The maximum Gasteiger partial charge on any atom is 0.192 e. The third-order valence-corrected chi connectivity index (χ3v) is 8.71. The van der Waals surface area contributed by atoms with E-state index < -0.39 is 8.32 Å². The van der Waals surface area contributed by atoms with Crippen LogP contribution in [0.15, 0.2) is 18.2 Å². The molecule has 4 heteroatoms. The summed E-state index contributed by atoms with van der Waals surface area (Å²) in [4.78, 5) is 0. The molecule has 0 bridgehead atoms. The number of ether oxygens (including phenoxy) is 1. The lowest BCUT2D eigenvalue weighted by molar-refractivity contribution is 0.129. The zero-order valence-electron chi connectivity index (χ0n) is 14.3. The van der Waals surface area contributed by atoms with Crippen LogP contribution in [0.1, 0.15) is 33.3 Å². The number of benzene rings is 1. The summed E-state index contributed by atoms with van der Waals surface area (Å²) in [5.41, 5.74) is 2.45. The first-order chi connectivity index (χ1) is 9.03. The molecule has 1 unspecified atom stereocenters. The Morgan fingerprint density at radius 3 is 2.35 bits per heavy atom. The summed E-state index contributed by atoms with van der Waals surface area (Å²) in [6.45, 7) is 16.1. The second kappa shape index (κ2) is 6.35. The summed E-state index contributed by atoms with van der Waals surface area (Å²) in [5, 5.41) is 0.237. The summed E-state index contributed by atoms with van der Waals surface area (Å²) in [5.74, 6) is 0.960. The number of aryl methyl sites for hydroxylation is 1. The largest absolute Gasteiger partial charge is 0.491 e. The molecule has 0 radical (unpaired) electrons. The lowest BCUT2D eigenvalue weighted by Gasteiger charge is -2.38. The van der Waals surface area contributed by atoms with E-state index in [9.17, 15) is 0 Å². The average molecular weight is 292 g/mol. The molecule has 0 heterocycles. The molecular formula is C16H29BO2Si. The monoisotopic (exact) mass is 292 g/mol. The topological polar surface area (TPSA) is 18.5 Å². The molecule has 0 spiro atoms. The van der Waals surface area contributed by atoms with Crippen LogP contribution >= 0.6 is 0 Å². The van der Waals surface area contributed by atoms with Gasteiger partial charge in [0.15, 0.2) is 8.32 Å². The molecule has 2 nitrogen and oxygen atoms in total. The molecule has 0 aliphatic heterocycles. The van der Waals surface area contributed by atoms with Gasteiger partial charge in [-0.2, -0.15) is 0 Å². The molecule has 112 valence electrons. The Bertz CT molecular complexity index is 452. The fourth-order valence-electron chi connectivity index (χ4n) is 1.88. The molecule has 1 aromatic carbocycles. The van der Waals surface area contributed by atoms with E-state index in [-0.39, 0.29) is 11.1 Å². The van der Waals surface area contributed by atoms with E-state index in [1.54, 1.807) is 0 Å². The Balaban J connectivity index is 2.58. The number of hydrogen-bond donors (Lipinski definition) is 0. The molecule has 0 aliphatic carbocycles. The van der Waals surface area contributed by atoms with Crippen molar-refractivity contribution in [3.05, 3.63) is 23.8 Å². The third-order valence-electron chi connectivity index (χ3n) is 4.11. The molecule has 1 aromatic rings. The molecule has 0 fully saturated rings. The molecule has 1 rings (SSSR count). The minimum atomic E-state index is -1.71. The maximum absolute atomic E-state index is 6.30. The molecule has 1 atom stereocenters. The first-order valence-electron chi connectivity index (χ1n) is 7.41. The van der Waals surface area contributed by atoms with Gasteiger partial charge in [-0.05, 0) is 43.6 Å². The molecule has 0 saturated heterocycles. The van der Waals surface area contributed by atoms with Gasteiger partial charge in [0.05, 0.1) is 6.10 Å². The Morgan fingerprint density at radius 2 is 1.85 bits per heavy atom. The van der Waals surface area contributed by atoms with E-state index in [0.29, 0.717) is 6.61 Å². The highest BCUT2D eigenvalue weighted by molar-refractivity contribution is 6.74. The fourth-order valence-corrected chi connectivity index (χ4v) is 3.31. The van der Waals surface area contributed by atoms with Crippen molar-refractivity contribution in [1.82, 2.24) is 0 Å². The van der Waals surface area contributed by atoms with E-state index in [2.05, 4.69) is 67.7 Å². The fraction of sp³-hybridized carbons (Fsp3) is 0.625. The molecule has 0 N–H and O–H groups in total. The average Bonchev–Trinajstić information content (AvgIpc) is 2.25. The van der Waals surface area contributed by atoms with Gasteiger partial charge in [0.1, 0.15) is 20.2 Å². The van der Waals surface area contributed by atoms with Gasteiger partial charge in [-0.1, -0.05) is 38.4 Å². The minimum absolute atomic E-state index is 0.122. The van der Waals surface area contributed by atoms with E-state index >= 15 is 0 Å². The molecule has 0 saturated carbocycles. The first-order valence-corrected chi connectivity index (χ1v) is 10.3. The van der Waals surface area contributed by atoms with Crippen LogP contribution in [0.25, 0.3) is 0 Å². The van der Waals surface area contributed by atoms with E-state index in [1.807, 2.05) is 6.07 Å². The second-order valence-electron chi connectivity index (χ2n) is 7.27. The Labute approximate surface area is 126 Å². The summed E-state index contributed by atoms with van der Waals surface area (Å²) < 4.78 is 12.2. The third kappa shape index (κ3) is 4.67. The van der Waals surface area contributed by atoms with Crippen molar-refractivity contribution in [2.75, 3.05) is 6.61 Å². The van der Waals surface area contributed by atoms with Crippen molar-refractivity contribution >= 4 is 21.6 Å². The number of rotatable bonds is 5. The zero-order chi connectivity index (χ0) is 15.6. The van der Waals surface area contributed by atoms with Gasteiger partial charge < -0.3 is 9.16 Å². The summed E-state index contributed by atoms with van der Waals surface area (Å²) >= 11 is 0. The quantitative estimate of drug-likeness (QED) is 0.777. The molecular weight excluding hydrogens is 263 g/mol. The highest BCUT2D eigenvalue weighted by atomic mass is 28.4. The van der Waals surface area contributed by atoms with Gasteiger partial charge in [0, 0.05) is 0 Å². The molecule has 0 aliphatic rings. The van der Waals surface area contributed by atoms with Crippen LogP contribution in [-0.2, 0) is 4.43 Å². The van der Waals surface area contributed by atoms with Crippen LogP contribution < -0.4 is 10.2 Å². The van der Waals surface area contributed by atoms with Crippen LogP contribution in [0.4, 0.5) is 0 Å². The van der Waals surface area contributed by atoms with E-state index in [4.69, 9.17) is 9.16 Å². The van der Waals surface area contributed by atoms with Crippen molar-refractivity contribution < 1.29 is 9.16 Å². The van der Waals surface area contributed by atoms with Gasteiger partial charge in [0.25, 0.3) is 0 Å². The van der Waals surface area contributed by atoms with Crippen molar-refractivity contribution in [3.63, 3.8) is 0 Å². The van der Waals surface area contributed by atoms with Crippen molar-refractivity contribution in [1.29, 1.82) is 0 Å². The smallest absolute Gasteiger partial charge is 0.192 e. The van der Waals surface area contributed by atoms with Crippen molar-refractivity contribution in [3.8, 4) is 5.75 Å². The first kappa shape index (κ1) is 17.3. The van der Waals surface area contributed by atoms with Gasteiger partial charge >= 0.3 is 0 Å². The summed E-state index contributed by atoms with van der Waals surface area (Å²) in [6.07, 6.45) is 0.122. The van der Waals surface area contributed by atoms with Gasteiger partial charge in [-0.15, -0.1) is 0 Å². The van der Waals surface area contributed by atoms with Crippen LogP contribution in [0.3, 0.4) is 0 Å². The van der Waals surface area contributed by atoms with E-state index in [1.165, 1.54) is 11.0 Å². The lowest BCUT2D eigenvalue weighted by atomic mass is 9.94. The predicted octanol–water partition coefficient (Wildman–Crippen LogP) is 3.04. The summed E-state index contributed by atoms with van der Waals surface area (Å²) in [6, 6.07) is 6.28. The van der Waals surface area contributed by atoms with Gasteiger partial charge in [0.2, 0.25) is 0 Å². The second-order valence-corrected chi connectivity index (χ2v) is 12.0. The van der Waals surface area contributed by atoms with Crippen molar-refractivity contribution in [2.24, 2.45) is 0 Å². The molecule has 0 amide bonds. The minimum Gasteiger partial charge on any atom is -0.491 e. The predicted molar refractivity (Wildman–Crippen MR) is 92.6 cm³/mol. The standard InChI is InChI=1S/C16H29BO2Si/c1-12-10-14(17)8-9-15(12)18-11-13(2)19-20(6,7)16(3,4)5/h8-10,13H,11,17H2,1-7H3. The van der Waals surface area contributed by atoms with Gasteiger partial charge in [-0.25, -0.2) is 0 Å². The SMILES string of the molecule is Bc1ccc(OCC(C)O[Si](C)(C)C(C)(C)C)c(C)c1.